The first-order chi connectivity index (χ1) is 12.9. The largest absolute Gasteiger partial charge is 0.481 e. The second-order valence-corrected chi connectivity index (χ2v) is 6.15. The Morgan fingerprint density at radius 2 is 1.78 bits per heavy atom. The van der Waals surface area contributed by atoms with E-state index in [4.69, 9.17) is 10.5 Å². The quantitative estimate of drug-likeness (QED) is 0.801. The fourth-order valence-electron chi connectivity index (χ4n) is 2.60. The van der Waals surface area contributed by atoms with Crippen molar-refractivity contribution in [3.05, 3.63) is 59.9 Å². The van der Waals surface area contributed by atoms with E-state index in [1.165, 1.54) is 35.2 Å². The van der Waals surface area contributed by atoms with Gasteiger partial charge < -0.3 is 20.7 Å². The van der Waals surface area contributed by atoms with Crippen LogP contribution in [0, 0.1) is 11.7 Å². The molecule has 7 nitrogen and oxygen atoms in total. The molecule has 0 bridgehead atoms. The molecule has 1 aliphatic heterocycles. The minimum atomic E-state index is -0.543. The van der Waals surface area contributed by atoms with Gasteiger partial charge in [0.2, 0.25) is 11.8 Å². The molecule has 1 aliphatic rings. The number of nitrogens with one attached hydrogen (secondary N) is 1. The van der Waals surface area contributed by atoms with Gasteiger partial charge in [0.15, 0.2) is 18.2 Å². The SMILES string of the molecule is NC(=O)c1ccc(NC(=O)C2CN(C(=O)COc3ccccc3F)C2)cc1. The summed E-state index contributed by atoms with van der Waals surface area (Å²) in [5, 5.41) is 2.72. The van der Waals surface area contributed by atoms with Crippen molar-refractivity contribution >= 4 is 23.4 Å². The lowest BCUT2D eigenvalue weighted by molar-refractivity contribution is -0.143. The van der Waals surface area contributed by atoms with Crippen LogP contribution in [0.25, 0.3) is 0 Å². The van der Waals surface area contributed by atoms with Gasteiger partial charge in [0.05, 0.1) is 5.92 Å². The molecule has 8 heteroatoms. The topological polar surface area (TPSA) is 102 Å². The van der Waals surface area contributed by atoms with E-state index in [1.807, 2.05) is 0 Å². The van der Waals surface area contributed by atoms with E-state index in [0.717, 1.165) is 0 Å². The van der Waals surface area contributed by atoms with Gasteiger partial charge in [-0.15, -0.1) is 0 Å². The zero-order valence-corrected chi connectivity index (χ0v) is 14.4. The number of primary amides is 1. The molecule has 3 rings (SSSR count). The summed E-state index contributed by atoms with van der Waals surface area (Å²) in [5.41, 5.74) is 6.05. The summed E-state index contributed by atoms with van der Waals surface area (Å²) >= 11 is 0. The van der Waals surface area contributed by atoms with Crippen LogP contribution in [-0.2, 0) is 9.59 Å². The van der Waals surface area contributed by atoms with Crippen LogP contribution in [-0.4, -0.2) is 42.3 Å². The van der Waals surface area contributed by atoms with Crippen LogP contribution in [0.1, 0.15) is 10.4 Å². The second-order valence-electron chi connectivity index (χ2n) is 6.15. The van der Waals surface area contributed by atoms with Crippen LogP contribution in [0.5, 0.6) is 5.75 Å². The molecule has 2 aromatic rings. The van der Waals surface area contributed by atoms with Crippen molar-refractivity contribution < 1.29 is 23.5 Å². The fourth-order valence-corrected chi connectivity index (χ4v) is 2.60. The van der Waals surface area contributed by atoms with Gasteiger partial charge in [-0.3, -0.25) is 14.4 Å². The zero-order chi connectivity index (χ0) is 19.4. The monoisotopic (exact) mass is 371 g/mol. The van der Waals surface area contributed by atoms with Crippen molar-refractivity contribution in [2.75, 3.05) is 25.0 Å². The summed E-state index contributed by atoms with van der Waals surface area (Å²) in [6.45, 7) is 0.249. The highest BCUT2D eigenvalue weighted by molar-refractivity contribution is 5.96. The predicted molar refractivity (Wildman–Crippen MR) is 95.6 cm³/mol. The first-order valence-electron chi connectivity index (χ1n) is 8.30. The number of nitrogens with two attached hydrogens (primary N) is 1. The summed E-state index contributed by atoms with van der Waals surface area (Å²) in [6, 6.07) is 12.1. The van der Waals surface area contributed by atoms with Crippen molar-refractivity contribution in [2.45, 2.75) is 0 Å². The van der Waals surface area contributed by atoms with Gasteiger partial charge in [0, 0.05) is 24.3 Å². The van der Waals surface area contributed by atoms with Crippen molar-refractivity contribution in [2.24, 2.45) is 11.7 Å². The second kappa shape index (κ2) is 7.86. The minimum Gasteiger partial charge on any atom is -0.481 e. The smallest absolute Gasteiger partial charge is 0.260 e. The average Bonchev–Trinajstić information content (AvgIpc) is 2.60. The molecule has 1 saturated heterocycles. The molecule has 0 aromatic heterocycles. The van der Waals surface area contributed by atoms with E-state index < -0.39 is 11.7 Å². The lowest BCUT2D eigenvalue weighted by atomic mass is 9.99. The molecule has 3 amide bonds. The van der Waals surface area contributed by atoms with Gasteiger partial charge in [-0.05, 0) is 36.4 Å². The number of hydrogen-bond acceptors (Lipinski definition) is 4. The number of rotatable bonds is 6. The molecule has 1 heterocycles. The summed E-state index contributed by atoms with van der Waals surface area (Å²) < 4.78 is 18.6. The van der Waals surface area contributed by atoms with E-state index in [1.54, 1.807) is 18.2 Å². The molecule has 0 saturated carbocycles. The van der Waals surface area contributed by atoms with E-state index in [9.17, 15) is 18.8 Å². The molecule has 27 heavy (non-hydrogen) atoms. The number of carbonyl (C=O) groups excluding carboxylic acids is 3. The number of benzene rings is 2. The molecular weight excluding hydrogens is 353 g/mol. The number of carbonyl (C=O) groups is 3. The lowest BCUT2D eigenvalue weighted by Gasteiger charge is -2.38. The average molecular weight is 371 g/mol. The Bertz CT molecular complexity index is 864. The molecule has 0 aliphatic carbocycles. The molecule has 0 radical (unpaired) electrons. The fraction of sp³-hybridized carbons (Fsp3) is 0.211. The van der Waals surface area contributed by atoms with Crippen LogP contribution >= 0.6 is 0 Å². The van der Waals surface area contributed by atoms with Crippen LogP contribution in [0.3, 0.4) is 0 Å². The van der Waals surface area contributed by atoms with Gasteiger partial charge in [0.25, 0.3) is 5.91 Å². The molecular formula is C19H18FN3O4. The minimum absolute atomic E-state index is 0.0140. The highest BCUT2D eigenvalue weighted by atomic mass is 19.1. The number of anilines is 1. The van der Waals surface area contributed by atoms with E-state index in [2.05, 4.69) is 5.32 Å². The van der Waals surface area contributed by atoms with Crippen LogP contribution in [0.2, 0.25) is 0 Å². The molecule has 0 atom stereocenters. The number of nitrogens with zero attached hydrogens (tertiary/aromatic N) is 1. The first kappa shape index (κ1) is 18.4. The normalized spacial score (nSPS) is 13.6. The lowest BCUT2D eigenvalue weighted by Crippen LogP contribution is -2.55. The van der Waals surface area contributed by atoms with E-state index in [-0.39, 0.29) is 43.2 Å². The summed E-state index contributed by atoms with van der Waals surface area (Å²) in [5.74, 6) is -1.93. The maximum atomic E-state index is 13.5. The Balaban J connectivity index is 1.44. The van der Waals surface area contributed by atoms with Gasteiger partial charge in [0.1, 0.15) is 0 Å². The number of hydrogen-bond donors (Lipinski definition) is 2. The molecule has 0 spiro atoms. The van der Waals surface area contributed by atoms with Crippen LogP contribution < -0.4 is 15.8 Å². The standard InChI is InChI=1S/C19H18FN3O4/c20-15-3-1-2-4-16(15)27-11-17(24)23-9-13(10-23)19(26)22-14-7-5-12(6-8-14)18(21)25/h1-8,13H,9-11H2,(H2,21,25)(H,22,26). The van der Waals surface area contributed by atoms with Gasteiger partial charge >= 0.3 is 0 Å². The van der Waals surface area contributed by atoms with Crippen LogP contribution in [0.4, 0.5) is 10.1 Å². The Labute approximate surface area is 154 Å². The number of ether oxygens (including phenoxy) is 1. The molecule has 140 valence electrons. The van der Waals surface area contributed by atoms with E-state index in [0.29, 0.717) is 11.3 Å². The Morgan fingerprint density at radius 1 is 1.11 bits per heavy atom. The van der Waals surface area contributed by atoms with Crippen molar-refractivity contribution in [1.82, 2.24) is 4.90 Å². The van der Waals surface area contributed by atoms with Gasteiger partial charge in [-0.25, -0.2) is 4.39 Å². The van der Waals surface area contributed by atoms with Crippen molar-refractivity contribution in [1.29, 1.82) is 0 Å². The first-order valence-corrected chi connectivity index (χ1v) is 8.30. The van der Waals surface area contributed by atoms with Crippen molar-refractivity contribution in [3.8, 4) is 5.75 Å². The maximum Gasteiger partial charge on any atom is 0.260 e. The number of amides is 3. The molecule has 0 unspecified atom stereocenters. The van der Waals surface area contributed by atoms with E-state index >= 15 is 0 Å². The number of likely N-dealkylation sites (tertiary alicyclic amines) is 1. The molecule has 2 aromatic carbocycles. The van der Waals surface area contributed by atoms with Crippen molar-refractivity contribution in [3.63, 3.8) is 0 Å². The maximum absolute atomic E-state index is 13.5. The summed E-state index contributed by atoms with van der Waals surface area (Å²) in [7, 11) is 0. The Kier molecular flexibility index (Phi) is 5.35. The third-order valence-corrected chi connectivity index (χ3v) is 4.23. The summed E-state index contributed by atoms with van der Waals surface area (Å²) in [4.78, 5) is 36.7. The Hall–Kier alpha value is -3.42. The van der Waals surface area contributed by atoms with Crippen LogP contribution in [0.15, 0.2) is 48.5 Å². The summed E-state index contributed by atoms with van der Waals surface area (Å²) in [6.07, 6.45) is 0. The molecule has 1 fully saturated rings. The highest BCUT2D eigenvalue weighted by Crippen LogP contribution is 2.20. The number of halogens is 1. The molecule has 3 N–H and O–H groups in total. The zero-order valence-electron chi connectivity index (χ0n) is 14.4. The number of para-hydroxylation sites is 1. The third kappa shape index (κ3) is 4.41. The highest BCUT2D eigenvalue weighted by Gasteiger charge is 2.35. The van der Waals surface area contributed by atoms with Gasteiger partial charge in [-0.1, -0.05) is 12.1 Å². The van der Waals surface area contributed by atoms with Gasteiger partial charge in [-0.2, -0.15) is 0 Å². The Morgan fingerprint density at radius 3 is 2.41 bits per heavy atom. The third-order valence-electron chi connectivity index (χ3n) is 4.23. The predicted octanol–water partition coefficient (Wildman–Crippen LogP) is 1.40.